The van der Waals surface area contributed by atoms with Crippen LogP contribution in [0.15, 0.2) is 49.1 Å². The van der Waals surface area contributed by atoms with Crippen LogP contribution in [-0.4, -0.2) is 120 Å². The van der Waals surface area contributed by atoms with E-state index in [9.17, 15) is 18.4 Å². The van der Waals surface area contributed by atoms with E-state index < -0.39 is 0 Å². The minimum atomic E-state index is -0.337. The molecule has 2 amide bonds. The summed E-state index contributed by atoms with van der Waals surface area (Å²) in [5.74, 6) is 1.69. The summed E-state index contributed by atoms with van der Waals surface area (Å²) in [7, 11) is 0. The molecule has 2 N–H and O–H groups in total. The van der Waals surface area contributed by atoms with Crippen LogP contribution >= 0.6 is 72.8 Å². The highest BCUT2D eigenvalue weighted by molar-refractivity contribution is 6.30. The summed E-state index contributed by atoms with van der Waals surface area (Å²) in [4.78, 5) is 53.2. The molecule has 66 heavy (non-hydrogen) atoms. The number of carbonyl (C=O) groups excluding carboxylic acids is 2. The molecule has 20 heteroatoms. The number of rotatable bonds is 6. The van der Waals surface area contributed by atoms with Crippen LogP contribution in [0.1, 0.15) is 84.0 Å². The van der Waals surface area contributed by atoms with Gasteiger partial charge in [-0.15, -0.1) is 49.6 Å². The Kier molecular flexibility index (Phi) is 18.9. The third-order valence-corrected chi connectivity index (χ3v) is 14.5. The van der Waals surface area contributed by atoms with Crippen LogP contribution in [-0.2, 0) is 22.4 Å². The summed E-state index contributed by atoms with van der Waals surface area (Å²) in [5, 5.41) is 7.30. The van der Waals surface area contributed by atoms with Crippen LogP contribution in [0.5, 0.6) is 0 Å². The topological polar surface area (TPSA) is 123 Å². The quantitative estimate of drug-likeness (QED) is 0.200. The Morgan fingerprint density at radius 2 is 0.955 bits per heavy atom. The van der Waals surface area contributed by atoms with Crippen LogP contribution < -0.4 is 20.4 Å². The van der Waals surface area contributed by atoms with Gasteiger partial charge < -0.3 is 30.2 Å². The van der Waals surface area contributed by atoms with E-state index in [0.29, 0.717) is 85.4 Å². The van der Waals surface area contributed by atoms with E-state index in [1.165, 1.54) is 34.6 Å². The summed E-state index contributed by atoms with van der Waals surface area (Å²) >= 11 is 11.8. The fourth-order valence-electron chi connectivity index (χ4n) is 10.6. The van der Waals surface area contributed by atoms with Gasteiger partial charge in [0, 0.05) is 123 Å². The number of nitrogens with zero attached hydrogens (tertiary/aromatic N) is 8. The Bertz CT molecular complexity index is 2160. The zero-order chi connectivity index (χ0) is 43.1. The first-order chi connectivity index (χ1) is 30.0. The van der Waals surface area contributed by atoms with Gasteiger partial charge in [0.25, 0.3) is 0 Å². The van der Waals surface area contributed by atoms with Gasteiger partial charge in [-0.2, -0.15) is 0 Å². The molecule has 6 atom stereocenters. The van der Waals surface area contributed by atoms with Crippen LogP contribution in [0.3, 0.4) is 0 Å². The number of aromatic nitrogens is 4. The smallest absolute Gasteiger partial charge is 0.227 e. The van der Waals surface area contributed by atoms with Crippen molar-refractivity contribution in [3.8, 4) is 0 Å². The van der Waals surface area contributed by atoms with E-state index in [2.05, 4.69) is 54.2 Å². The van der Waals surface area contributed by atoms with Gasteiger partial charge >= 0.3 is 0 Å². The predicted octanol–water partition coefficient (Wildman–Crippen LogP) is 7.63. The SMILES string of the molecule is C[C@@H]1CCc2ncnc(N3CCN(C(=O)[C@@H]4CNC[C@H]4c4ccc(Cl)cc4F)CC3)c21.C[C@@H]1CCc2ncnc(N3CCN(C(=O)[C@H]4CNC[C@@H]4c4ccc(Cl)cc4F)CC3)c21.Cl.Cl.Cl.Cl. The minimum absolute atomic E-state index is 0. The number of benzene rings is 2. The molecule has 0 unspecified atom stereocenters. The normalized spacial score (nSPS) is 24.2. The van der Waals surface area contributed by atoms with Crippen molar-refractivity contribution in [2.75, 3.05) is 88.3 Å². The number of carbonyl (C=O) groups is 2. The highest BCUT2D eigenvalue weighted by Gasteiger charge is 2.41. The fourth-order valence-corrected chi connectivity index (χ4v) is 10.9. The second-order valence-corrected chi connectivity index (χ2v) is 18.6. The molecule has 2 aromatic heterocycles. The van der Waals surface area contributed by atoms with Crippen LogP contribution in [0.2, 0.25) is 10.0 Å². The first-order valence-electron chi connectivity index (χ1n) is 22.1. The van der Waals surface area contributed by atoms with Gasteiger partial charge in [-0.3, -0.25) is 9.59 Å². The summed E-state index contributed by atoms with van der Waals surface area (Å²) in [6, 6.07) is 9.47. The van der Waals surface area contributed by atoms with Gasteiger partial charge in [-0.05, 0) is 72.9 Å². The molecule has 6 aliphatic rings. The van der Waals surface area contributed by atoms with Crippen LogP contribution in [0.25, 0.3) is 0 Å². The van der Waals surface area contributed by atoms with Crippen molar-refractivity contribution in [3.63, 3.8) is 0 Å². The molecule has 4 saturated heterocycles. The molecule has 0 spiro atoms. The number of aryl methyl sites for hydroxylation is 2. The number of amides is 2. The molecule has 4 aromatic rings. The van der Waals surface area contributed by atoms with Gasteiger partial charge in [-0.25, -0.2) is 28.7 Å². The average molecular weight is 1030 g/mol. The maximum Gasteiger partial charge on any atom is 0.227 e. The highest BCUT2D eigenvalue weighted by atomic mass is 35.5. The minimum Gasteiger partial charge on any atom is -0.353 e. The third-order valence-electron chi connectivity index (χ3n) is 14.1. The summed E-state index contributed by atoms with van der Waals surface area (Å²) in [6.07, 6.45) is 7.61. The van der Waals surface area contributed by atoms with Crippen LogP contribution in [0.4, 0.5) is 20.4 Å². The van der Waals surface area contributed by atoms with Gasteiger partial charge in [0.15, 0.2) is 0 Å². The van der Waals surface area contributed by atoms with E-state index in [1.807, 2.05) is 9.80 Å². The van der Waals surface area contributed by atoms with E-state index in [4.69, 9.17) is 23.2 Å². The molecule has 12 nitrogen and oxygen atoms in total. The van der Waals surface area contributed by atoms with Crippen molar-refractivity contribution >= 4 is 96.3 Å². The molecule has 10 rings (SSSR count). The lowest BCUT2D eigenvalue weighted by Gasteiger charge is -2.38. The molecule has 6 heterocycles. The number of piperazine rings is 2. The molecule has 360 valence electrons. The monoisotopic (exact) mass is 1030 g/mol. The second-order valence-electron chi connectivity index (χ2n) is 17.7. The molecular formula is C46H58Cl6F2N10O2. The van der Waals surface area contributed by atoms with Crippen molar-refractivity contribution < 1.29 is 18.4 Å². The largest absolute Gasteiger partial charge is 0.353 e. The van der Waals surface area contributed by atoms with Crippen molar-refractivity contribution in [1.29, 1.82) is 0 Å². The molecule has 4 aliphatic heterocycles. The van der Waals surface area contributed by atoms with Crippen molar-refractivity contribution in [1.82, 2.24) is 40.4 Å². The second kappa shape index (κ2) is 23.3. The van der Waals surface area contributed by atoms with E-state index in [0.717, 1.165) is 63.5 Å². The zero-order valence-electron chi connectivity index (χ0n) is 36.9. The maximum absolute atomic E-state index is 14.5. The van der Waals surface area contributed by atoms with Gasteiger partial charge in [0.2, 0.25) is 11.8 Å². The number of hydrogen-bond donors (Lipinski definition) is 2. The van der Waals surface area contributed by atoms with Gasteiger partial charge in [0.05, 0.1) is 11.8 Å². The number of hydrogen-bond acceptors (Lipinski definition) is 10. The summed E-state index contributed by atoms with van der Waals surface area (Å²) < 4.78 is 29.0. The number of nitrogens with one attached hydrogen (secondary N) is 2. The summed E-state index contributed by atoms with van der Waals surface area (Å²) in [6.45, 7) is 12.4. The molecule has 0 bridgehead atoms. The first kappa shape index (κ1) is 53.6. The van der Waals surface area contributed by atoms with Gasteiger partial charge in [0.1, 0.15) is 35.9 Å². The Morgan fingerprint density at radius 1 is 0.576 bits per heavy atom. The average Bonchev–Trinajstić information content (AvgIpc) is 4.12. The molecule has 2 aromatic carbocycles. The van der Waals surface area contributed by atoms with Crippen molar-refractivity contribution in [2.24, 2.45) is 11.8 Å². The lowest BCUT2D eigenvalue weighted by atomic mass is 9.87. The molecule has 0 saturated carbocycles. The first-order valence-corrected chi connectivity index (χ1v) is 22.9. The van der Waals surface area contributed by atoms with Gasteiger partial charge in [-0.1, -0.05) is 49.2 Å². The van der Waals surface area contributed by atoms with Crippen molar-refractivity contribution in [2.45, 2.75) is 63.2 Å². The Morgan fingerprint density at radius 3 is 1.32 bits per heavy atom. The number of anilines is 2. The van der Waals surface area contributed by atoms with Crippen molar-refractivity contribution in [3.05, 3.63) is 104 Å². The number of fused-ring (bicyclic) bond motifs is 2. The highest BCUT2D eigenvalue weighted by Crippen LogP contribution is 2.40. The lowest BCUT2D eigenvalue weighted by molar-refractivity contribution is -0.136. The molecule has 0 radical (unpaired) electrons. The fraction of sp³-hybridized carbons (Fsp3) is 0.522. The Hall–Kier alpha value is -3.34. The molecule has 2 aliphatic carbocycles. The molecular weight excluding hydrogens is 975 g/mol. The molecule has 4 fully saturated rings. The number of halogens is 8. The zero-order valence-corrected chi connectivity index (χ0v) is 41.7. The van der Waals surface area contributed by atoms with E-state index >= 15 is 0 Å². The van der Waals surface area contributed by atoms with E-state index in [1.54, 1.807) is 36.9 Å². The van der Waals surface area contributed by atoms with Crippen LogP contribution in [0, 0.1) is 23.5 Å². The maximum atomic E-state index is 14.5. The third kappa shape index (κ3) is 10.9. The van der Waals surface area contributed by atoms with E-state index in [-0.39, 0.29) is 96.7 Å². The summed E-state index contributed by atoms with van der Waals surface area (Å²) in [5.41, 5.74) is 6.02. The standard InChI is InChI=1S/2C23H27ClFN5O.4ClH/c2*1-14-2-5-20-21(14)22(28-13-27-20)29-6-8-30(9-7-29)23(31)18-12-26-11-17(18)16-4-3-15(24)10-19(16)25;;;;/h2*3-4,10,13-14,17-18,26H,2,5-9,11-12H2,1H3;4*1H/t14-,17+,18-;14-,17-,18+;;;;/m11..../s1. The predicted molar refractivity (Wildman–Crippen MR) is 265 cm³/mol. The Labute approximate surface area is 420 Å². The lowest BCUT2D eigenvalue weighted by Crippen LogP contribution is -2.51. The Balaban J connectivity index is 0.000000233.